The standard InChI is InChI=1S/C27H28FN9O2/c28-20-16-36(25-7-4-17(12-29)13-33-25)10-8-21(20)34-22-11-24(32-15-19(22)27(30)39)35-23-6-5-18(14-31-23)37-9-2-1-3-26(37)38/h4-7,11,13-15,20-21H,1-3,8-10,16H2,(H2,30,39)(H2,31,32,34,35)/t20-,21-/m1/s1. The van der Waals surface area contributed by atoms with Gasteiger partial charge in [0.05, 0.1) is 41.3 Å². The molecule has 3 aromatic rings. The molecule has 0 bridgehead atoms. The van der Waals surface area contributed by atoms with Crippen LogP contribution in [0.15, 0.2) is 48.9 Å². The van der Waals surface area contributed by atoms with Gasteiger partial charge >= 0.3 is 0 Å². The number of pyridine rings is 3. The van der Waals surface area contributed by atoms with E-state index < -0.39 is 18.1 Å². The first-order chi connectivity index (χ1) is 18.9. The molecule has 4 N–H and O–H groups in total. The average Bonchev–Trinajstić information content (AvgIpc) is 2.95. The molecule has 12 heteroatoms. The summed E-state index contributed by atoms with van der Waals surface area (Å²) in [7, 11) is 0. The Hall–Kier alpha value is -4.79. The lowest BCUT2D eigenvalue weighted by atomic mass is 10.0. The largest absolute Gasteiger partial charge is 0.378 e. The SMILES string of the molecule is N#Cc1ccc(N2CC[C@@H](Nc3cc(Nc4ccc(N5CCCCC5=O)cn4)ncc3C(N)=O)[C@H](F)C2)nc1. The first-order valence-corrected chi connectivity index (χ1v) is 12.8. The summed E-state index contributed by atoms with van der Waals surface area (Å²) in [5, 5.41) is 15.2. The van der Waals surface area contributed by atoms with E-state index in [9.17, 15) is 9.59 Å². The number of nitrogens with two attached hydrogens (primary N) is 1. The van der Waals surface area contributed by atoms with E-state index in [1.807, 2.05) is 17.0 Å². The Morgan fingerprint density at radius 2 is 1.92 bits per heavy atom. The van der Waals surface area contributed by atoms with E-state index in [0.717, 1.165) is 18.5 Å². The lowest BCUT2D eigenvalue weighted by Crippen LogP contribution is -2.48. The zero-order valence-corrected chi connectivity index (χ0v) is 21.2. The molecule has 0 aromatic carbocycles. The van der Waals surface area contributed by atoms with Crippen molar-refractivity contribution in [2.24, 2.45) is 5.73 Å². The molecule has 0 radical (unpaired) electrons. The second-order valence-corrected chi connectivity index (χ2v) is 9.53. The van der Waals surface area contributed by atoms with Gasteiger partial charge in [0.2, 0.25) is 5.91 Å². The van der Waals surface area contributed by atoms with Crippen LogP contribution in [0.25, 0.3) is 0 Å². The van der Waals surface area contributed by atoms with Gasteiger partial charge in [-0.3, -0.25) is 9.59 Å². The number of rotatable bonds is 7. The predicted octanol–water partition coefficient (Wildman–Crippen LogP) is 3.13. The van der Waals surface area contributed by atoms with Gasteiger partial charge in [0.1, 0.15) is 29.7 Å². The molecule has 2 amide bonds. The number of nitriles is 1. The highest BCUT2D eigenvalue weighted by molar-refractivity contribution is 5.98. The Balaban J connectivity index is 1.27. The number of aromatic nitrogens is 3. The second kappa shape index (κ2) is 11.3. The highest BCUT2D eigenvalue weighted by atomic mass is 19.1. The number of primary amides is 1. The predicted molar refractivity (Wildman–Crippen MR) is 145 cm³/mol. The number of carbonyl (C=O) groups is 2. The molecule has 2 atom stereocenters. The van der Waals surface area contributed by atoms with Crippen molar-refractivity contribution in [1.82, 2.24) is 15.0 Å². The van der Waals surface area contributed by atoms with Gasteiger partial charge in [0.25, 0.3) is 5.91 Å². The van der Waals surface area contributed by atoms with Crippen molar-refractivity contribution in [3.05, 3.63) is 60.0 Å². The van der Waals surface area contributed by atoms with Gasteiger partial charge in [-0.1, -0.05) is 0 Å². The maximum absolute atomic E-state index is 15.2. The molecule has 200 valence electrons. The van der Waals surface area contributed by atoms with E-state index in [0.29, 0.717) is 54.6 Å². The molecule has 11 nitrogen and oxygen atoms in total. The van der Waals surface area contributed by atoms with Crippen molar-refractivity contribution >= 4 is 40.6 Å². The number of hydrogen-bond donors (Lipinski definition) is 3. The van der Waals surface area contributed by atoms with Crippen LogP contribution >= 0.6 is 0 Å². The van der Waals surface area contributed by atoms with Crippen LogP contribution in [0.5, 0.6) is 0 Å². The maximum atomic E-state index is 15.2. The van der Waals surface area contributed by atoms with E-state index in [4.69, 9.17) is 11.0 Å². The van der Waals surface area contributed by atoms with Crippen molar-refractivity contribution in [2.45, 2.75) is 37.9 Å². The minimum Gasteiger partial charge on any atom is -0.378 e. The Kier molecular flexibility index (Phi) is 7.49. The Labute approximate surface area is 224 Å². The molecule has 2 aliphatic heterocycles. The van der Waals surface area contributed by atoms with Crippen LogP contribution in [0.2, 0.25) is 0 Å². The van der Waals surface area contributed by atoms with Crippen LogP contribution in [0.1, 0.15) is 41.6 Å². The van der Waals surface area contributed by atoms with Gasteiger partial charge in [-0.2, -0.15) is 5.26 Å². The quantitative estimate of drug-likeness (QED) is 0.419. The highest BCUT2D eigenvalue weighted by Crippen LogP contribution is 2.27. The molecule has 2 saturated heterocycles. The fourth-order valence-electron chi connectivity index (χ4n) is 4.78. The summed E-state index contributed by atoms with van der Waals surface area (Å²) >= 11 is 0. The van der Waals surface area contributed by atoms with Crippen LogP contribution < -0.4 is 26.2 Å². The van der Waals surface area contributed by atoms with Crippen molar-refractivity contribution < 1.29 is 14.0 Å². The third-order valence-corrected chi connectivity index (χ3v) is 6.89. The first kappa shape index (κ1) is 25.8. The summed E-state index contributed by atoms with van der Waals surface area (Å²) in [5.74, 6) is 0.909. The minimum atomic E-state index is -1.26. The second-order valence-electron chi connectivity index (χ2n) is 9.53. The van der Waals surface area contributed by atoms with Gasteiger partial charge in [0.15, 0.2) is 0 Å². The summed E-state index contributed by atoms with van der Waals surface area (Å²) in [6.07, 6.45) is 6.04. The highest BCUT2D eigenvalue weighted by Gasteiger charge is 2.31. The number of carbonyl (C=O) groups excluding carboxylic acids is 2. The molecule has 5 rings (SSSR count). The molecular formula is C27H28FN9O2. The van der Waals surface area contributed by atoms with E-state index in [1.165, 1.54) is 12.4 Å². The van der Waals surface area contributed by atoms with Crippen LogP contribution in [0.4, 0.5) is 33.2 Å². The number of nitrogens with one attached hydrogen (secondary N) is 2. The van der Waals surface area contributed by atoms with Gasteiger partial charge in [-0.15, -0.1) is 0 Å². The molecule has 2 fully saturated rings. The fourth-order valence-corrected chi connectivity index (χ4v) is 4.78. The van der Waals surface area contributed by atoms with Gasteiger partial charge in [-0.05, 0) is 43.5 Å². The maximum Gasteiger partial charge on any atom is 0.252 e. The van der Waals surface area contributed by atoms with Crippen molar-refractivity contribution in [3.8, 4) is 6.07 Å². The number of hydrogen-bond acceptors (Lipinski definition) is 9. The number of nitrogens with zero attached hydrogens (tertiary/aromatic N) is 6. The Bertz CT molecular complexity index is 1390. The minimum absolute atomic E-state index is 0.0911. The van der Waals surface area contributed by atoms with Crippen LogP contribution in [-0.4, -0.2) is 58.6 Å². The molecule has 0 aliphatic carbocycles. The van der Waals surface area contributed by atoms with Gasteiger partial charge < -0.3 is 26.2 Å². The summed E-state index contributed by atoms with van der Waals surface area (Å²) in [5.41, 5.74) is 7.26. The molecule has 2 aliphatic rings. The summed E-state index contributed by atoms with van der Waals surface area (Å²) in [6, 6.07) is 9.99. The monoisotopic (exact) mass is 529 g/mol. The molecule has 39 heavy (non-hydrogen) atoms. The fraction of sp³-hybridized carbons (Fsp3) is 0.333. The molecule has 5 heterocycles. The van der Waals surface area contributed by atoms with E-state index in [1.54, 1.807) is 35.4 Å². The van der Waals surface area contributed by atoms with Crippen LogP contribution in [0, 0.1) is 11.3 Å². The normalized spacial score (nSPS) is 19.3. The van der Waals surface area contributed by atoms with Gasteiger partial charge in [0, 0.05) is 38.0 Å². The average molecular weight is 530 g/mol. The number of anilines is 5. The van der Waals surface area contributed by atoms with Crippen molar-refractivity contribution in [2.75, 3.05) is 40.1 Å². The number of amides is 2. The third kappa shape index (κ3) is 5.87. The topological polar surface area (TPSA) is 153 Å². The molecule has 0 unspecified atom stereocenters. The van der Waals surface area contributed by atoms with Crippen LogP contribution in [0.3, 0.4) is 0 Å². The van der Waals surface area contributed by atoms with Crippen molar-refractivity contribution in [1.29, 1.82) is 5.26 Å². The zero-order valence-electron chi connectivity index (χ0n) is 21.2. The molecule has 0 spiro atoms. The number of alkyl halides is 1. The summed E-state index contributed by atoms with van der Waals surface area (Å²) in [6.45, 7) is 1.32. The lowest BCUT2D eigenvalue weighted by Gasteiger charge is -2.36. The summed E-state index contributed by atoms with van der Waals surface area (Å²) < 4.78 is 15.2. The van der Waals surface area contributed by atoms with E-state index >= 15 is 4.39 Å². The summed E-state index contributed by atoms with van der Waals surface area (Å²) in [4.78, 5) is 40.7. The lowest BCUT2D eigenvalue weighted by molar-refractivity contribution is -0.119. The smallest absolute Gasteiger partial charge is 0.252 e. The molecular weight excluding hydrogens is 501 g/mol. The Morgan fingerprint density at radius 3 is 2.59 bits per heavy atom. The zero-order chi connectivity index (χ0) is 27.4. The number of halogens is 1. The molecule has 3 aromatic heterocycles. The van der Waals surface area contributed by atoms with Gasteiger partial charge in [-0.25, -0.2) is 19.3 Å². The first-order valence-electron chi connectivity index (χ1n) is 12.8. The number of piperidine rings is 2. The van der Waals surface area contributed by atoms with Crippen LogP contribution in [-0.2, 0) is 4.79 Å². The molecule has 0 saturated carbocycles. The van der Waals surface area contributed by atoms with E-state index in [2.05, 4.69) is 25.6 Å². The third-order valence-electron chi connectivity index (χ3n) is 6.89. The van der Waals surface area contributed by atoms with Crippen molar-refractivity contribution in [3.63, 3.8) is 0 Å². The Morgan fingerprint density at radius 1 is 1.08 bits per heavy atom. The van der Waals surface area contributed by atoms with E-state index in [-0.39, 0.29) is 18.0 Å².